The molecular formula is C18H29N3. The highest BCUT2D eigenvalue weighted by Gasteiger charge is 2.34. The maximum absolute atomic E-state index is 9.93. The van der Waals surface area contributed by atoms with E-state index >= 15 is 0 Å². The number of hydrogen-bond donors (Lipinski definition) is 1. The maximum Gasteiger partial charge on any atom is 0.145 e. The van der Waals surface area contributed by atoms with Crippen molar-refractivity contribution < 1.29 is 0 Å². The second kappa shape index (κ2) is 8.81. The van der Waals surface area contributed by atoms with Crippen LogP contribution >= 0.6 is 0 Å². The number of hydrogen-bond acceptors (Lipinski definition) is 3. The Morgan fingerprint density at radius 1 is 1.14 bits per heavy atom. The lowest BCUT2D eigenvalue weighted by Gasteiger charge is -2.36. The molecule has 21 heavy (non-hydrogen) atoms. The van der Waals surface area contributed by atoms with Gasteiger partial charge in [-0.3, -0.25) is 5.32 Å². The second-order valence-corrected chi connectivity index (χ2v) is 5.96. The van der Waals surface area contributed by atoms with E-state index in [2.05, 4.69) is 56.1 Å². The van der Waals surface area contributed by atoms with Gasteiger partial charge in [0.25, 0.3) is 0 Å². The van der Waals surface area contributed by atoms with E-state index in [1.807, 2.05) is 18.2 Å². The van der Waals surface area contributed by atoms with Gasteiger partial charge in [-0.25, -0.2) is 0 Å². The molecule has 0 aromatic heterocycles. The number of rotatable bonds is 9. The molecule has 0 fully saturated rings. The van der Waals surface area contributed by atoms with Crippen LogP contribution in [0.4, 0.5) is 0 Å². The third kappa shape index (κ3) is 5.15. The quantitative estimate of drug-likeness (QED) is 0.755. The molecule has 0 aliphatic carbocycles. The summed E-state index contributed by atoms with van der Waals surface area (Å²) in [6.07, 6.45) is 2.22. The van der Waals surface area contributed by atoms with Crippen molar-refractivity contribution in [2.45, 2.75) is 52.1 Å². The minimum Gasteiger partial charge on any atom is -0.300 e. The Morgan fingerprint density at radius 2 is 1.71 bits per heavy atom. The van der Waals surface area contributed by atoms with Crippen LogP contribution < -0.4 is 5.32 Å². The Bertz CT molecular complexity index is 430. The van der Waals surface area contributed by atoms with Crippen LogP contribution in [0.1, 0.15) is 46.1 Å². The molecule has 0 aliphatic heterocycles. The van der Waals surface area contributed by atoms with Gasteiger partial charge in [0.1, 0.15) is 5.54 Å². The van der Waals surface area contributed by atoms with Crippen molar-refractivity contribution in [1.82, 2.24) is 10.2 Å². The molecule has 0 spiro atoms. The number of benzene rings is 1. The van der Waals surface area contributed by atoms with Gasteiger partial charge in [0.05, 0.1) is 6.07 Å². The van der Waals surface area contributed by atoms with Gasteiger partial charge in [-0.1, -0.05) is 44.2 Å². The van der Waals surface area contributed by atoms with Crippen LogP contribution in [0.5, 0.6) is 0 Å². The zero-order chi connectivity index (χ0) is 15.7. The molecule has 0 bridgehead atoms. The van der Waals surface area contributed by atoms with Crippen LogP contribution in [-0.4, -0.2) is 30.6 Å². The molecule has 3 heteroatoms. The summed E-state index contributed by atoms with van der Waals surface area (Å²) in [7, 11) is 0. The molecule has 1 N–H and O–H groups in total. The van der Waals surface area contributed by atoms with Crippen molar-refractivity contribution in [3.63, 3.8) is 0 Å². The van der Waals surface area contributed by atoms with Crippen molar-refractivity contribution in [3.05, 3.63) is 35.9 Å². The highest BCUT2D eigenvalue weighted by Crippen LogP contribution is 2.23. The van der Waals surface area contributed by atoms with Gasteiger partial charge < -0.3 is 4.90 Å². The van der Waals surface area contributed by atoms with E-state index in [4.69, 9.17) is 0 Å². The third-order valence-corrected chi connectivity index (χ3v) is 3.53. The summed E-state index contributed by atoms with van der Waals surface area (Å²) >= 11 is 0. The van der Waals surface area contributed by atoms with Crippen LogP contribution in [0.15, 0.2) is 30.3 Å². The first-order valence-corrected chi connectivity index (χ1v) is 8.04. The summed E-state index contributed by atoms with van der Waals surface area (Å²) in [5.74, 6) is 0. The largest absolute Gasteiger partial charge is 0.300 e. The van der Waals surface area contributed by atoms with E-state index in [0.717, 1.165) is 38.0 Å². The Labute approximate surface area is 130 Å². The van der Waals surface area contributed by atoms with Crippen molar-refractivity contribution in [2.24, 2.45) is 0 Å². The van der Waals surface area contributed by atoms with Crippen molar-refractivity contribution >= 4 is 0 Å². The van der Waals surface area contributed by atoms with Crippen molar-refractivity contribution in [1.29, 1.82) is 5.26 Å². The predicted octanol–water partition coefficient (Wildman–Crippen LogP) is 3.53. The molecule has 1 aromatic carbocycles. The lowest BCUT2D eigenvalue weighted by atomic mass is 9.89. The molecule has 1 rings (SSSR count). The fourth-order valence-corrected chi connectivity index (χ4v) is 2.81. The first-order chi connectivity index (χ1) is 10.1. The smallest absolute Gasteiger partial charge is 0.145 e. The Hall–Kier alpha value is -1.37. The van der Waals surface area contributed by atoms with E-state index in [9.17, 15) is 5.26 Å². The fourth-order valence-electron chi connectivity index (χ4n) is 2.81. The molecule has 0 aliphatic rings. The lowest BCUT2D eigenvalue weighted by molar-refractivity contribution is 0.204. The Kier molecular flexibility index (Phi) is 7.42. The zero-order valence-corrected chi connectivity index (χ0v) is 13.9. The molecule has 116 valence electrons. The monoisotopic (exact) mass is 287 g/mol. The first-order valence-electron chi connectivity index (χ1n) is 8.04. The minimum atomic E-state index is -0.639. The van der Waals surface area contributed by atoms with Crippen molar-refractivity contribution in [2.75, 3.05) is 19.6 Å². The van der Waals surface area contributed by atoms with Crippen LogP contribution in [0.25, 0.3) is 0 Å². The van der Waals surface area contributed by atoms with Gasteiger partial charge in [0.2, 0.25) is 0 Å². The van der Waals surface area contributed by atoms with Crippen molar-refractivity contribution in [3.8, 4) is 6.07 Å². The molecule has 1 aromatic rings. The lowest BCUT2D eigenvalue weighted by Crippen LogP contribution is -2.52. The van der Waals surface area contributed by atoms with Gasteiger partial charge in [0.15, 0.2) is 0 Å². The maximum atomic E-state index is 9.93. The van der Waals surface area contributed by atoms with Gasteiger partial charge in [-0.2, -0.15) is 5.26 Å². The molecule has 1 atom stereocenters. The predicted molar refractivity (Wildman–Crippen MR) is 89.0 cm³/mol. The van der Waals surface area contributed by atoms with E-state index in [1.54, 1.807) is 0 Å². The van der Waals surface area contributed by atoms with E-state index in [0.29, 0.717) is 0 Å². The third-order valence-electron chi connectivity index (χ3n) is 3.53. The summed E-state index contributed by atoms with van der Waals surface area (Å²) in [5, 5.41) is 13.4. The van der Waals surface area contributed by atoms with Crippen LogP contribution in [-0.2, 0) is 5.54 Å². The molecule has 0 heterocycles. The van der Waals surface area contributed by atoms with E-state index in [1.165, 1.54) is 0 Å². The first kappa shape index (κ1) is 17.7. The second-order valence-electron chi connectivity index (χ2n) is 5.96. The molecule has 0 saturated carbocycles. The molecular weight excluding hydrogens is 258 g/mol. The van der Waals surface area contributed by atoms with Crippen LogP contribution in [0, 0.1) is 11.3 Å². The van der Waals surface area contributed by atoms with Gasteiger partial charge >= 0.3 is 0 Å². The number of nitrogens with zero attached hydrogens (tertiary/aromatic N) is 2. The van der Waals surface area contributed by atoms with Crippen LogP contribution in [0.2, 0.25) is 0 Å². The van der Waals surface area contributed by atoms with E-state index in [-0.39, 0.29) is 6.04 Å². The summed E-state index contributed by atoms with van der Waals surface area (Å²) in [5.41, 5.74) is 0.415. The normalized spacial score (nSPS) is 14.1. The van der Waals surface area contributed by atoms with Gasteiger partial charge in [0, 0.05) is 12.6 Å². The summed E-state index contributed by atoms with van der Waals surface area (Å²) in [6.45, 7) is 11.4. The fraction of sp³-hybridized carbons (Fsp3) is 0.611. The van der Waals surface area contributed by atoms with Crippen LogP contribution in [0.3, 0.4) is 0 Å². The highest BCUT2D eigenvalue weighted by atomic mass is 15.2. The Balaban J connectivity index is 3.09. The molecule has 0 amide bonds. The standard InChI is InChI=1S/C18H29N3/c1-5-12-21(13-6-2)15-18(14-19,20-16(3)4)17-10-8-7-9-11-17/h7-11,16,20H,5-6,12-13,15H2,1-4H3. The average Bonchev–Trinajstić information content (AvgIpc) is 2.47. The average molecular weight is 287 g/mol. The number of nitriles is 1. The summed E-state index contributed by atoms with van der Waals surface area (Å²) < 4.78 is 0. The topological polar surface area (TPSA) is 39.1 Å². The zero-order valence-electron chi connectivity index (χ0n) is 13.9. The molecule has 1 unspecified atom stereocenters. The Morgan fingerprint density at radius 3 is 2.14 bits per heavy atom. The van der Waals surface area contributed by atoms with Gasteiger partial charge in [-0.05, 0) is 45.3 Å². The molecule has 3 nitrogen and oxygen atoms in total. The summed E-state index contributed by atoms with van der Waals surface area (Å²) in [6, 6.07) is 12.9. The molecule has 0 radical (unpaired) electrons. The van der Waals surface area contributed by atoms with E-state index < -0.39 is 5.54 Å². The molecule has 0 saturated heterocycles. The summed E-state index contributed by atoms with van der Waals surface area (Å²) in [4.78, 5) is 2.39. The van der Waals surface area contributed by atoms with Gasteiger partial charge in [-0.15, -0.1) is 0 Å². The minimum absolute atomic E-state index is 0.259. The number of nitrogens with one attached hydrogen (secondary N) is 1. The highest BCUT2D eigenvalue weighted by molar-refractivity contribution is 5.32. The SMILES string of the molecule is CCCN(CCC)CC(C#N)(NC(C)C)c1ccccc1.